The minimum atomic E-state index is -0.485. The van der Waals surface area contributed by atoms with Crippen molar-refractivity contribution < 1.29 is 19.2 Å². The van der Waals surface area contributed by atoms with Crippen molar-refractivity contribution in [1.29, 1.82) is 0 Å². The molecule has 0 aliphatic carbocycles. The molecule has 0 aromatic heterocycles. The van der Waals surface area contributed by atoms with Gasteiger partial charge < -0.3 is 10.1 Å². The number of nitrogens with zero attached hydrogens (tertiary/aromatic N) is 2. The Bertz CT molecular complexity index is 793. The number of hydrogen-bond acceptors (Lipinski definition) is 6. The lowest BCUT2D eigenvalue weighted by Gasteiger charge is -2.15. The summed E-state index contributed by atoms with van der Waals surface area (Å²) in [5.74, 6) is -0.0378. The van der Waals surface area contributed by atoms with Gasteiger partial charge in [0, 0.05) is 35.5 Å². The summed E-state index contributed by atoms with van der Waals surface area (Å²) in [7, 11) is 2.89. The first-order valence-electron chi connectivity index (χ1n) is 7.49. The van der Waals surface area contributed by atoms with Crippen LogP contribution in [0.2, 0.25) is 0 Å². The summed E-state index contributed by atoms with van der Waals surface area (Å²) in [5.41, 5.74) is 1.24. The summed E-state index contributed by atoms with van der Waals surface area (Å²) < 4.78 is 4.63. The van der Waals surface area contributed by atoms with Gasteiger partial charge in [0.1, 0.15) is 0 Å². The van der Waals surface area contributed by atoms with Crippen LogP contribution in [0.4, 0.5) is 21.9 Å². The molecule has 0 unspecified atom stereocenters. The van der Waals surface area contributed by atoms with Gasteiger partial charge in [-0.2, -0.15) is 0 Å². The van der Waals surface area contributed by atoms with Crippen molar-refractivity contribution in [2.24, 2.45) is 0 Å². The molecule has 0 saturated heterocycles. The van der Waals surface area contributed by atoms with Gasteiger partial charge in [-0.25, -0.2) is 4.79 Å². The zero-order valence-corrected chi connectivity index (χ0v) is 15.0. The van der Waals surface area contributed by atoms with Crippen molar-refractivity contribution in [3.05, 3.63) is 58.6 Å². The van der Waals surface area contributed by atoms with E-state index in [2.05, 4.69) is 10.1 Å². The minimum absolute atomic E-state index is 0.0100. The second-order valence-electron chi connectivity index (χ2n) is 5.16. The molecule has 0 spiro atoms. The molecule has 0 fully saturated rings. The zero-order valence-electron chi connectivity index (χ0n) is 14.2. The average Bonchev–Trinajstić information content (AvgIpc) is 2.66. The normalized spacial score (nSPS) is 10.1. The molecule has 0 aliphatic rings. The van der Waals surface area contributed by atoms with Crippen LogP contribution >= 0.6 is 11.8 Å². The van der Waals surface area contributed by atoms with Crippen molar-refractivity contribution in [1.82, 2.24) is 0 Å². The third kappa shape index (κ3) is 5.21. The van der Waals surface area contributed by atoms with Crippen LogP contribution in [-0.2, 0) is 9.53 Å². The van der Waals surface area contributed by atoms with Crippen molar-refractivity contribution in [3.8, 4) is 0 Å². The summed E-state index contributed by atoms with van der Waals surface area (Å²) >= 11 is 1.28. The fourth-order valence-electron chi connectivity index (χ4n) is 2.02. The Labute approximate surface area is 154 Å². The molecular formula is C17H17N3O5S. The maximum Gasteiger partial charge on any atom is 0.413 e. The number of nitro groups is 1. The lowest BCUT2D eigenvalue weighted by molar-refractivity contribution is -0.384. The number of hydrogen-bond donors (Lipinski definition) is 1. The van der Waals surface area contributed by atoms with Crippen molar-refractivity contribution >= 4 is 40.8 Å². The van der Waals surface area contributed by atoms with Crippen LogP contribution in [0.15, 0.2) is 53.4 Å². The van der Waals surface area contributed by atoms with Crippen LogP contribution in [0.25, 0.3) is 0 Å². The Balaban J connectivity index is 1.87. The number of amides is 2. The van der Waals surface area contributed by atoms with Gasteiger partial charge in [-0.15, -0.1) is 11.8 Å². The first kappa shape index (κ1) is 19.3. The SMILES string of the molecule is COC(=O)N(C)c1ccc(NC(=O)CSc2ccc([N+](=O)[O-])cc2)cc1. The summed E-state index contributed by atoms with van der Waals surface area (Å²) in [6.07, 6.45) is -0.485. The molecule has 0 aliphatic heterocycles. The highest BCUT2D eigenvalue weighted by atomic mass is 32.2. The highest BCUT2D eigenvalue weighted by Gasteiger charge is 2.11. The molecule has 0 heterocycles. The number of nitro benzene ring substituents is 1. The molecule has 0 saturated carbocycles. The van der Waals surface area contributed by atoms with Gasteiger partial charge in [0.2, 0.25) is 5.91 Å². The highest BCUT2D eigenvalue weighted by molar-refractivity contribution is 8.00. The van der Waals surface area contributed by atoms with Crippen molar-refractivity contribution in [2.45, 2.75) is 4.90 Å². The fourth-order valence-corrected chi connectivity index (χ4v) is 2.72. The molecule has 1 N–H and O–H groups in total. The first-order valence-corrected chi connectivity index (χ1v) is 8.48. The average molecular weight is 375 g/mol. The van der Waals surface area contributed by atoms with E-state index in [-0.39, 0.29) is 17.3 Å². The Morgan fingerprint density at radius 2 is 1.77 bits per heavy atom. The molecule has 2 rings (SSSR count). The number of methoxy groups -OCH3 is 1. The number of non-ortho nitro benzene ring substituents is 1. The number of nitrogens with one attached hydrogen (secondary N) is 1. The first-order chi connectivity index (χ1) is 12.4. The number of carbonyl (C=O) groups is 2. The second kappa shape index (κ2) is 8.86. The third-order valence-corrected chi connectivity index (χ3v) is 4.42. The lowest BCUT2D eigenvalue weighted by Crippen LogP contribution is -2.25. The van der Waals surface area contributed by atoms with E-state index in [1.54, 1.807) is 43.4 Å². The quantitative estimate of drug-likeness (QED) is 0.471. The Morgan fingerprint density at radius 1 is 1.15 bits per heavy atom. The van der Waals surface area contributed by atoms with Crippen molar-refractivity contribution in [3.63, 3.8) is 0 Å². The number of anilines is 2. The predicted molar refractivity (Wildman–Crippen MR) is 99.7 cm³/mol. The van der Waals surface area contributed by atoms with Crippen LogP contribution in [-0.4, -0.2) is 36.8 Å². The Kier molecular flexibility index (Phi) is 6.56. The second-order valence-corrected chi connectivity index (χ2v) is 6.21. The largest absolute Gasteiger partial charge is 0.452 e. The van der Waals surface area contributed by atoms with Gasteiger partial charge >= 0.3 is 6.09 Å². The van der Waals surface area contributed by atoms with Gasteiger partial charge in [-0.3, -0.25) is 19.8 Å². The fraction of sp³-hybridized carbons (Fsp3) is 0.176. The molecular weight excluding hydrogens is 358 g/mol. The molecule has 0 atom stereocenters. The molecule has 0 bridgehead atoms. The minimum Gasteiger partial charge on any atom is -0.452 e. The van der Waals surface area contributed by atoms with E-state index < -0.39 is 11.0 Å². The monoisotopic (exact) mass is 375 g/mol. The maximum absolute atomic E-state index is 12.0. The van der Waals surface area contributed by atoms with Crippen molar-refractivity contribution in [2.75, 3.05) is 30.1 Å². The molecule has 26 heavy (non-hydrogen) atoms. The molecule has 2 amide bonds. The van der Waals surface area contributed by atoms with E-state index in [0.29, 0.717) is 11.4 Å². The standard InChI is InChI=1S/C17H17N3O5S/c1-19(17(22)25-2)13-5-3-12(4-6-13)18-16(21)11-26-15-9-7-14(8-10-15)20(23)24/h3-10H,11H2,1-2H3,(H,18,21). The lowest BCUT2D eigenvalue weighted by atomic mass is 10.2. The summed E-state index contributed by atoms with van der Waals surface area (Å²) in [6, 6.07) is 12.8. The molecule has 136 valence electrons. The van der Waals surface area contributed by atoms with Gasteiger partial charge in [0.15, 0.2) is 0 Å². The number of thioether (sulfide) groups is 1. The zero-order chi connectivity index (χ0) is 19.1. The van der Waals surface area contributed by atoms with Gasteiger partial charge in [0.05, 0.1) is 17.8 Å². The van der Waals surface area contributed by atoms with Crippen LogP contribution in [0.3, 0.4) is 0 Å². The van der Waals surface area contributed by atoms with E-state index in [1.807, 2.05) is 0 Å². The molecule has 2 aromatic rings. The third-order valence-electron chi connectivity index (χ3n) is 3.40. The van der Waals surface area contributed by atoms with E-state index in [0.717, 1.165) is 4.90 Å². The predicted octanol–water partition coefficient (Wildman–Crippen LogP) is 3.53. The summed E-state index contributed by atoms with van der Waals surface area (Å²) in [4.78, 5) is 35.7. The van der Waals surface area contributed by atoms with E-state index in [1.165, 1.54) is 35.9 Å². The molecule has 0 radical (unpaired) electrons. The molecule has 9 heteroatoms. The summed E-state index contributed by atoms with van der Waals surface area (Å²) in [6.45, 7) is 0. The Morgan fingerprint density at radius 3 is 2.31 bits per heavy atom. The van der Waals surface area contributed by atoms with Gasteiger partial charge in [-0.05, 0) is 36.4 Å². The van der Waals surface area contributed by atoms with Crippen LogP contribution < -0.4 is 10.2 Å². The number of ether oxygens (including phenoxy) is 1. The molecule has 8 nitrogen and oxygen atoms in total. The highest BCUT2D eigenvalue weighted by Crippen LogP contribution is 2.22. The number of rotatable bonds is 6. The topological polar surface area (TPSA) is 102 Å². The van der Waals surface area contributed by atoms with Crippen LogP contribution in [0.1, 0.15) is 0 Å². The number of carbonyl (C=O) groups excluding carboxylic acids is 2. The van der Waals surface area contributed by atoms with Gasteiger partial charge in [0.25, 0.3) is 5.69 Å². The van der Waals surface area contributed by atoms with E-state index in [4.69, 9.17) is 0 Å². The van der Waals surface area contributed by atoms with E-state index >= 15 is 0 Å². The molecule has 2 aromatic carbocycles. The van der Waals surface area contributed by atoms with E-state index in [9.17, 15) is 19.7 Å². The van der Waals surface area contributed by atoms with Gasteiger partial charge in [-0.1, -0.05) is 0 Å². The summed E-state index contributed by atoms with van der Waals surface area (Å²) in [5, 5.41) is 13.4. The van der Waals surface area contributed by atoms with Crippen LogP contribution in [0.5, 0.6) is 0 Å². The number of benzene rings is 2. The maximum atomic E-state index is 12.0. The smallest absolute Gasteiger partial charge is 0.413 e. The Hall–Kier alpha value is -3.07. The van der Waals surface area contributed by atoms with Crippen LogP contribution in [0, 0.1) is 10.1 Å².